The number of hydrogen-bond donors (Lipinski definition) is 1. The number of rotatable bonds is 6. The van der Waals surface area contributed by atoms with E-state index in [1.54, 1.807) is 0 Å². The van der Waals surface area contributed by atoms with E-state index in [1.807, 2.05) is 13.1 Å². The topological polar surface area (TPSA) is 21.3 Å². The smallest absolute Gasteiger partial charge is 0.122 e. The van der Waals surface area contributed by atoms with Crippen molar-refractivity contribution in [2.75, 3.05) is 7.05 Å². The van der Waals surface area contributed by atoms with Crippen molar-refractivity contribution in [1.29, 1.82) is 0 Å². The molecule has 0 aliphatic rings. The molecular formula is C14H23NO. The average molecular weight is 221 g/mol. The van der Waals surface area contributed by atoms with Crippen LogP contribution in [-0.2, 0) is 6.42 Å². The second kappa shape index (κ2) is 6.54. The van der Waals surface area contributed by atoms with Gasteiger partial charge >= 0.3 is 0 Å². The molecule has 0 bridgehead atoms. The molecule has 0 saturated carbocycles. The van der Waals surface area contributed by atoms with Crippen LogP contribution in [-0.4, -0.2) is 19.2 Å². The molecule has 0 fully saturated rings. The van der Waals surface area contributed by atoms with Crippen LogP contribution in [0.3, 0.4) is 0 Å². The zero-order valence-electron chi connectivity index (χ0n) is 10.8. The van der Waals surface area contributed by atoms with Gasteiger partial charge in [0.2, 0.25) is 0 Å². The molecule has 1 aromatic carbocycles. The molecule has 0 radical (unpaired) electrons. The van der Waals surface area contributed by atoms with Crippen molar-refractivity contribution in [3.8, 4) is 5.75 Å². The highest BCUT2D eigenvalue weighted by atomic mass is 16.5. The summed E-state index contributed by atoms with van der Waals surface area (Å²) in [6.07, 6.45) is 2.29. The molecular weight excluding hydrogens is 198 g/mol. The van der Waals surface area contributed by atoms with Gasteiger partial charge in [-0.25, -0.2) is 0 Å². The number of nitrogens with one attached hydrogen (secondary N) is 1. The van der Waals surface area contributed by atoms with Crippen molar-refractivity contribution in [1.82, 2.24) is 5.32 Å². The molecule has 0 aliphatic heterocycles. The molecule has 2 atom stereocenters. The Labute approximate surface area is 99.0 Å². The Morgan fingerprint density at radius 2 is 1.94 bits per heavy atom. The summed E-state index contributed by atoms with van der Waals surface area (Å²) in [4.78, 5) is 0. The maximum atomic E-state index is 6.02. The molecule has 0 aromatic heterocycles. The zero-order valence-corrected chi connectivity index (χ0v) is 10.8. The lowest BCUT2D eigenvalue weighted by Gasteiger charge is -2.24. The molecule has 2 nitrogen and oxygen atoms in total. The summed E-state index contributed by atoms with van der Waals surface area (Å²) in [5.74, 6) is 1.02. The Bertz CT molecular complexity index is 307. The van der Waals surface area contributed by atoms with Gasteiger partial charge in [0.1, 0.15) is 11.9 Å². The van der Waals surface area contributed by atoms with Crippen LogP contribution < -0.4 is 10.1 Å². The van der Waals surface area contributed by atoms with E-state index in [0.29, 0.717) is 6.04 Å². The van der Waals surface area contributed by atoms with E-state index in [-0.39, 0.29) is 6.10 Å². The Morgan fingerprint density at radius 3 is 2.50 bits per heavy atom. The fourth-order valence-corrected chi connectivity index (χ4v) is 1.96. The van der Waals surface area contributed by atoms with Crippen LogP contribution in [0.4, 0.5) is 0 Å². The highest BCUT2D eigenvalue weighted by Gasteiger charge is 2.15. The summed E-state index contributed by atoms with van der Waals surface area (Å²) < 4.78 is 6.02. The van der Waals surface area contributed by atoms with Gasteiger partial charge in [-0.1, -0.05) is 32.0 Å². The van der Waals surface area contributed by atoms with Crippen molar-refractivity contribution in [2.45, 2.75) is 45.8 Å². The normalized spacial score (nSPS) is 14.5. The summed E-state index contributed by atoms with van der Waals surface area (Å²) in [5.41, 5.74) is 1.28. The summed E-state index contributed by atoms with van der Waals surface area (Å²) in [5, 5.41) is 3.28. The molecule has 1 aromatic rings. The highest BCUT2D eigenvalue weighted by molar-refractivity contribution is 5.33. The van der Waals surface area contributed by atoms with Crippen LogP contribution in [0.2, 0.25) is 0 Å². The molecule has 16 heavy (non-hydrogen) atoms. The molecule has 1 N–H and O–H groups in total. The van der Waals surface area contributed by atoms with Crippen molar-refractivity contribution in [3.63, 3.8) is 0 Å². The third-order valence-corrected chi connectivity index (χ3v) is 3.04. The van der Waals surface area contributed by atoms with Gasteiger partial charge in [-0.05, 0) is 38.4 Å². The first-order valence-corrected chi connectivity index (χ1v) is 6.14. The van der Waals surface area contributed by atoms with E-state index < -0.39 is 0 Å². The zero-order chi connectivity index (χ0) is 12.0. The van der Waals surface area contributed by atoms with E-state index >= 15 is 0 Å². The first-order chi connectivity index (χ1) is 7.72. The minimum atomic E-state index is 0.197. The molecule has 0 saturated heterocycles. The lowest BCUT2D eigenvalue weighted by atomic mass is 10.1. The second-order valence-electron chi connectivity index (χ2n) is 4.09. The highest BCUT2D eigenvalue weighted by Crippen LogP contribution is 2.20. The number of benzene rings is 1. The van der Waals surface area contributed by atoms with Crippen LogP contribution in [0.1, 0.15) is 32.8 Å². The molecule has 90 valence electrons. The molecule has 2 unspecified atom stereocenters. The predicted molar refractivity (Wildman–Crippen MR) is 69.0 cm³/mol. The first-order valence-electron chi connectivity index (χ1n) is 6.14. The summed E-state index contributed by atoms with van der Waals surface area (Å²) in [6.45, 7) is 6.45. The third kappa shape index (κ3) is 3.24. The van der Waals surface area contributed by atoms with Crippen LogP contribution in [0.25, 0.3) is 0 Å². The summed E-state index contributed by atoms with van der Waals surface area (Å²) in [6, 6.07) is 8.68. The van der Waals surface area contributed by atoms with Gasteiger partial charge in [0.25, 0.3) is 0 Å². The quantitative estimate of drug-likeness (QED) is 0.797. The minimum Gasteiger partial charge on any atom is -0.489 e. The Hall–Kier alpha value is -1.02. The van der Waals surface area contributed by atoms with Gasteiger partial charge in [-0.2, -0.15) is 0 Å². The van der Waals surface area contributed by atoms with Crippen molar-refractivity contribution < 1.29 is 4.74 Å². The standard InChI is InChI=1S/C14H23NO/c1-5-12-9-7-8-10-14(12)16-11(3)13(6-2)15-4/h7-11,13,15H,5-6H2,1-4H3. The van der Waals surface area contributed by atoms with Crippen LogP contribution in [0.5, 0.6) is 5.75 Å². The van der Waals surface area contributed by atoms with Crippen molar-refractivity contribution >= 4 is 0 Å². The SMILES string of the molecule is CCc1ccccc1OC(C)C(CC)NC. The lowest BCUT2D eigenvalue weighted by molar-refractivity contribution is 0.170. The van der Waals surface area contributed by atoms with E-state index in [4.69, 9.17) is 4.74 Å². The van der Waals surface area contributed by atoms with E-state index in [9.17, 15) is 0 Å². The summed E-state index contributed by atoms with van der Waals surface area (Å²) >= 11 is 0. The van der Waals surface area contributed by atoms with E-state index in [0.717, 1.165) is 18.6 Å². The number of aryl methyl sites for hydroxylation is 1. The van der Waals surface area contributed by atoms with E-state index in [1.165, 1.54) is 5.56 Å². The minimum absolute atomic E-state index is 0.197. The number of para-hydroxylation sites is 1. The Kier molecular flexibility index (Phi) is 5.33. The number of hydrogen-bond acceptors (Lipinski definition) is 2. The van der Waals surface area contributed by atoms with Gasteiger partial charge < -0.3 is 10.1 Å². The second-order valence-corrected chi connectivity index (χ2v) is 4.09. The maximum Gasteiger partial charge on any atom is 0.122 e. The lowest BCUT2D eigenvalue weighted by Crippen LogP contribution is -2.38. The molecule has 0 spiro atoms. The first kappa shape index (κ1) is 13.0. The fourth-order valence-electron chi connectivity index (χ4n) is 1.96. The van der Waals surface area contributed by atoms with Gasteiger partial charge in [0.05, 0.1) is 0 Å². The monoisotopic (exact) mass is 221 g/mol. The molecule has 0 heterocycles. The van der Waals surface area contributed by atoms with Gasteiger partial charge in [0.15, 0.2) is 0 Å². The molecule has 2 heteroatoms. The number of likely N-dealkylation sites (N-methyl/N-ethyl adjacent to an activating group) is 1. The third-order valence-electron chi connectivity index (χ3n) is 3.04. The van der Waals surface area contributed by atoms with Gasteiger partial charge in [-0.15, -0.1) is 0 Å². The van der Waals surface area contributed by atoms with Crippen LogP contribution >= 0.6 is 0 Å². The van der Waals surface area contributed by atoms with Gasteiger partial charge in [-0.3, -0.25) is 0 Å². The summed E-state index contributed by atoms with van der Waals surface area (Å²) in [7, 11) is 1.99. The Balaban J connectivity index is 2.71. The van der Waals surface area contributed by atoms with Crippen LogP contribution in [0, 0.1) is 0 Å². The average Bonchev–Trinajstić information content (AvgIpc) is 2.31. The van der Waals surface area contributed by atoms with Crippen molar-refractivity contribution in [3.05, 3.63) is 29.8 Å². The Morgan fingerprint density at radius 1 is 1.25 bits per heavy atom. The molecule has 0 amide bonds. The van der Waals surface area contributed by atoms with Crippen LogP contribution in [0.15, 0.2) is 24.3 Å². The number of ether oxygens (including phenoxy) is 1. The molecule has 0 aliphatic carbocycles. The van der Waals surface area contributed by atoms with Gasteiger partial charge in [0, 0.05) is 6.04 Å². The largest absolute Gasteiger partial charge is 0.489 e. The fraction of sp³-hybridized carbons (Fsp3) is 0.571. The maximum absolute atomic E-state index is 6.02. The predicted octanol–water partition coefficient (Wildman–Crippen LogP) is 3.01. The molecule has 1 rings (SSSR count). The van der Waals surface area contributed by atoms with Crippen molar-refractivity contribution in [2.24, 2.45) is 0 Å². The van der Waals surface area contributed by atoms with E-state index in [2.05, 4.69) is 44.3 Å².